The normalized spacial score (nSPS) is 20.8. The van der Waals surface area contributed by atoms with Crippen LogP contribution in [0.3, 0.4) is 0 Å². The van der Waals surface area contributed by atoms with Gasteiger partial charge in [0, 0.05) is 17.9 Å². The summed E-state index contributed by atoms with van der Waals surface area (Å²) in [7, 11) is 0. The van der Waals surface area contributed by atoms with Gasteiger partial charge in [-0.25, -0.2) is 0 Å². The van der Waals surface area contributed by atoms with E-state index in [9.17, 15) is 4.79 Å². The number of nitrogens with zero attached hydrogens (tertiary/aromatic N) is 3. The Labute approximate surface area is 127 Å². The minimum Gasteiger partial charge on any atom is -0.370 e. The van der Waals surface area contributed by atoms with E-state index in [1.807, 2.05) is 0 Å². The molecule has 3 heterocycles. The van der Waals surface area contributed by atoms with Gasteiger partial charge < -0.3 is 4.74 Å². The van der Waals surface area contributed by atoms with E-state index in [2.05, 4.69) is 30.7 Å². The molecule has 22 heavy (non-hydrogen) atoms. The number of anilines is 1. The number of fused-ring (bicyclic) bond motifs is 1. The molecule has 4 rings (SSSR count). The standard InChI is InChI=1S/C14H18N6O2/c21-13(11-8-4-1-2-5-9(8)17-18-11)16-14-15-12(19-20-14)10-6-3-7-22-10/h10H,1-7H2,(H,17,18)(H2,15,16,19,20,21). The van der Waals surface area contributed by atoms with Crippen molar-refractivity contribution in [3.05, 3.63) is 22.8 Å². The minimum absolute atomic E-state index is 0.0451. The van der Waals surface area contributed by atoms with E-state index in [0.717, 1.165) is 56.4 Å². The van der Waals surface area contributed by atoms with Crippen LogP contribution in [-0.2, 0) is 17.6 Å². The largest absolute Gasteiger partial charge is 0.370 e. The third-order valence-electron chi connectivity index (χ3n) is 4.23. The first-order chi connectivity index (χ1) is 10.8. The third-order valence-corrected chi connectivity index (χ3v) is 4.23. The van der Waals surface area contributed by atoms with E-state index in [-0.39, 0.29) is 18.0 Å². The molecule has 2 aliphatic rings. The maximum atomic E-state index is 12.4. The Bertz CT molecular complexity index is 685. The molecule has 1 aliphatic heterocycles. The molecule has 8 heteroatoms. The smallest absolute Gasteiger partial charge is 0.278 e. The number of nitrogens with one attached hydrogen (secondary N) is 3. The summed E-state index contributed by atoms with van der Waals surface area (Å²) in [6.07, 6.45) is 5.99. The van der Waals surface area contributed by atoms with E-state index in [1.165, 1.54) is 0 Å². The van der Waals surface area contributed by atoms with Crippen LogP contribution in [0.15, 0.2) is 0 Å². The summed E-state index contributed by atoms with van der Waals surface area (Å²) in [4.78, 5) is 16.7. The van der Waals surface area contributed by atoms with Gasteiger partial charge in [0.2, 0.25) is 5.95 Å². The number of hydrogen-bond donors (Lipinski definition) is 3. The van der Waals surface area contributed by atoms with Gasteiger partial charge in [0.1, 0.15) is 6.10 Å². The molecular weight excluding hydrogens is 284 g/mol. The predicted octanol–water partition coefficient (Wildman–Crippen LogP) is 1.51. The fourth-order valence-electron chi connectivity index (χ4n) is 3.10. The molecular formula is C14H18N6O2. The van der Waals surface area contributed by atoms with Crippen molar-refractivity contribution in [2.75, 3.05) is 11.9 Å². The molecule has 1 fully saturated rings. The average molecular weight is 302 g/mol. The van der Waals surface area contributed by atoms with Gasteiger partial charge in [-0.2, -0.15) is 10.1 Å². The van der Waals surface area contributed by atoms with Crippen molar-refractivity contribution in [3.8, 4) is 0 Å². The van der Waals surface area contributed by atoms with Gasteiger partial charge in [0.15, 0.2) is 11.5 Å². The topological polar surface area (TPSA) is 109 Å². The van der Waals surface area contributed by atoms with E-state index in [0.29, 0.717) is 11.5 Å². The van der Waals surface area contributed by atoms with Crippen molar-refractivity contribution >= 4 is 11.9 Å². The van der Waals surface area contributed by atoms with Crippen molar-refractivity contribution in [1.82, 2.24) is 25.4 Å². The van der Waals surface area contributed by atoms with Crippen molar-refractivity contribution in [3.63, 3.8) is 0 Å². The monoisotopic (exact) mass is 302 g/mol. The van der Waals surface area contributed by atoms with Gasteiger partial charge in [-0.1, -0.05) is 0 Å². The highest BCUT2D eigenvalue weighted by Crippen LogP contribution is 2.26. The summed E-state index contributed by atoms with van der Waals surface area (Å²) < 4.78 is 5.54. The Morgan fingerprint density at radius 1 is 1.18 bits per heavy atom. The number of carbonyl (C=O) groups is 1. The second-order valence-corrected chi connectivity index (χ2v) is 5.74. The molecule has 8 nitrogen and oxygen atoms in total. The molecule has 0 saturated carbocycles. The van der Waals surface area contributed by atoms with E-state index in [4.69, 9.17) is 4.74 Å². The Morgan fingerprint density at radius 3 is 2.95 bits per heavy atom. The van der Waals surface area contributed by atoms with Gasteiger partial charge in [-0.15, -0.1) is 5.10 Å². The van der Waals surface area contributed by atoms with Crippen LogP contribution >= 0.6 is 0 Å². The van der Waals surface area contributed by atoms with E-state index < -0.39 is 0 Å². The fraction of sp³-hybridized carbons (Fsp3) is 0.571. The Hall–Kier alpha value is -2.22. The number of hydrogen-bond acceptors (Lipinski definition) is 5. The van der Waals surface area contributed by atoms with Crippen molar-refractivity contribution in [1.29, 1.82) is 0 Å². The third kappa shape index (κ3) is 2.39. The van der Waals surface area contributed by atoms with Crippen LogP contribution in [0.1, 0.15) is 59.4 Å². The zero-order valence-electron chi connectivity index (χ0n) is 12.2. The quantitative estimate of drug-likeness (QED) is 0.796. The molecule has 1 amide bonds. The zero-order chi connectivity index (χ0) is 14.9. The summed E-state index contributed by atoms with van der Waals surface area (Å²) in [5.41, 5.74) is 2.56. The second-order valence-electron chi connectivity index (χ2n) is 5.74. The predicted molar refractivity (Wildman–Crippen MR) is 77.5 cm³/mol. The molecule has 0 bridgehead atoms. The number of aryl methyl sites for hydroxylation is 1. The lowest BCUT2D eigenvalue weighted by atomic mass is 9.96. The molecule has 2 aromatic rings. The van der Waals surface area contributed by atoms with Crippen LogP contribution in [0.4, 0.5) is 5.95 Å². The summed E-state index contributed by atoms with van der Waals surface area (Å²) in [5, 5.41) is 16.7. The minimum atomic E-state index is -0.266. The first-order valence-corrected chi connectivity index (χ1v) is 7.72. The van der Waals surface area contributed by atoms with Gasteiger partial charge >= 0.3 is 0 Å². The number of rotatable bonds is 3. The lowest BCUT2D eigenvalue weighted by Crippen LogP contribution is -2.16. The molecule has 0 spiro atoms. The molecule has 3 N–H and O–H groups in total. The molecule has 1 unspecified atom stereocenters. The van der Waals surface area contributed by atoms with Crippen LogP contribution in [-0.4, -0.2) is 37.9 Å². The van der Waals surface area contributed by atoms with Crippen molar-refractivity contribution < 1.29 is 9.53 Å². The Kier molecular flexibility index (Phi) is 3.38. The molecule has 1 saturated heterocycles. The van der Waals surface area contributed by atoms with E-state index >= 15 is 0 Å². The highest BCUT2D eigenvalue weighted by atomic mass is 16.5. The van der Waals surface area contributed by atoms with Crippen LogP contribution in [0.25, 0.3) is 0 Å². The molecule has 1 aliphatic carbocycles. The Balaban J connectivity index is 1.49. The van der Waals surface area contributed by atoms with Crippen molar-refractivity contribution in [2.24, 2.45) is 0 Å². The van der Waals surface area contributed by atoms with Gasteiger partial charge in [-0.3, -0.25) is 20.3 Å². The van der Waals surface area contributed by atoms with Crippen LogP contribution in [0.2, 0.25) is 0 Å². The maximum absolute atomic E-state index is 12.4. The lowest BCUT2D eigenvalue weighted by Gasteiger charge is -2.10. The first-order valence-electron chi connectivity index (χ1n) is 7.72. The van der Waals surface area contributed by atoms with Gasteiger partial charge in [0.25, 0.3) is 5.91 Å². The number of aromatic nitrogens is 5. The van der Waals surface area contributed by atoms with Crippen molar-refractivity contribution in [2.45, 2.75) is 44.6 Å². The Morgan fingerprint density at radius 2 is 2.09 bits per heavy atom. The average Bonchev–Trinajstić information content (AvgIpc) is 3.27. The lowest BCUT2D eigenvalue weighted by molar-refractivity contribution is 0.101. The van der Waals surface area contributed by atoms with E-state index in [1.54, 1.807) is 0 Å². The summed E-state index contributed by atoms with van der Waals surface area (Å²) in [5.74, 6) is 0.664. The number of ether oxygens (including phenoxy) is 1. The molecule has 116 valence electrons. The molecule has 0 aromatic carbocycles. The zero-order valence-corrected chi connectivity index (χ0v) is 12.2. The number of carbonyl (C=O) groups excluding carboxylic acids is 1. The molecule has 0 radical (unpaired) electrons. The second kappa shape index (κ2) is 5.53. The maximum Gasteiger partial charge on any atom is 0.278 e. The van der Waals surface area contributed by atoms with Crippen LogP contribution in [0.5, 0.6) is 0 Å². The highest BCUT2D eigenvalue weighted by Gasteiger charge is 2.24. The summed E-state index contributed by atoms with van der Waals surface area (Å²) in [6.45, 7) is 0.743. The van der Waals surface area contributed by atoms with Gasteiger partial charge in [0.05, 0.1) is 0 Å². The number of H-pyrrole nitrogens is 2. The molecule has 2 aromatic heterocycles. The first kappa shape index (κ1) is 13.4. The SMILES string of the molecule is O=C(Nc1n[nH]c(C2CCCO2)n1)c1n[nH]c2c1CCCC2. The highest BCUT2D eigenvalue weighted by molar-refractivity contribution is 6.03. The number of aromatic amines is 2. The number of amides is 1. The van der Waals surface area contributed by atoms with Crippen LogP contribution in [0, 0.1) is 0 Å². The molecule has 1 atom stereocenters. The van der Waals surface area contributed by atoms with Crippen LogP contribution < -0.4 is 5.32 Å². The van der Waals surface area contributed by atoms with Gasteiger partial charge in [-0.05, 0) is 38.5 Å². The summed E-state index contributed by atoms with van der Waals surface area (Å²) in [6, 6.07) is 0. The fourth-order valence-corrected chi connectivity index (χ4v) is 3.10. The summed E-state index contributed by atoms with van der Waals surface area (Å²) >= 11 is 0.